The molecule has 1 amide bonds. The van der Waals surface area contributed by atoms with Gasteiger partial charge in [-0.25, -0.2) is 4.98 Å². The summed E-state index contributed by atoms with van der Waals surface area (Å²) in [6, 6.07) is -1.02. The molecule has 0 bridgehead atoms. The van der Waals surface area contributed by atoms with Gasteiger partial charge in [-0.3, -0.25) is 9.59 Å². The van der Waals surface area contributed by atoms with E-state index in [-0.39, 0.29) is 12.2 Å². The molecule has 1 atom stereocenters. The minimum absolute atomic E-state index is 0.00223. The summed E-state index contributed by atoms with van der Waals surface area (Å²) in [5.74, 6) is -1.81. The van der Waals surface area contributed by atoms with Gasteiger partial charge in [0.2, 0.25) is 0 Å². The molecule has 14 heavy (non-hydrogen) atoms. The molecule has 76 valence electrons. The number of hydrogen-bond donors (Lipinski definition) is 4. The van der Waals surface area contributed by atoms with Gasteiger partial charge in [0.05, 0.1) is 0 Å². The fourth-order valence-corrected chi connectivity index (χ4v) is 0.912. The standard InChI is InChI=1S/C7H10N4O3/c8-4(7(13)14)1-3-2-10-6(11-3)5(9)12/h2,4H,1,8H2,(H2,9,12)(H,10,11)(H,13,14)/t4-/m0/s1. The molecule has 0 radical (unpaired) electrons. The van der Waals surface area contributed by atoms with Gasteiger partial charge in [-0.05, 0) is 0 Å². The first-order valence-electron chi connectivity index (χ1n) is 3.82. The van der Waals surface area contributed by atoms with Crippen LogP contribution in [-0.2, 0) is 11.2 Å². The normalized spacial score (nSPS) is 12.4. The third-order valence-electron chi connectivity index (χ3n) is 1.62. The van der Waals surface area contributed by atoms with Crippen LogP contribution in [0.4, 0.5) is 0 Å². The van der Waals surface area contributed by atoms with E-state index >= 15 is 0 Å². The van der Waals surface area contributed by atoms with Crippen LogP contribution in [0.3, 0.4) is 0 Å². The van der Waals surface area contributed by atoms with E-state index in [2.05, 4.69) is 9.97 Å². The number of hydrogen-bond acceptors (Lipinski definition) is 4. The Labute approximate surface area is 79.1 Å². The molecular formula is C7H10N4O3. The first-order chi connectivity index (χ1) is 6.50. The van der Waals surface area contributed by atoms with Crippen LogP contribution in [0.1, 0.15) is 16.3 Å². The van der Waals surface area contributed by atoms with Crippen LogP contribution in [-0.4, -0.2) is 33.0 Å². The van der Waals surface area contributed by atoms with E-state index in [1.807, 2.05) is 0 Å². The number of nitrogens with zero attached hydrogens (tertiary/aromatic N) is 1. The molecule has 1 aromatic heterocycles. The van der Waals surface area contributed by atoms with E-state index in [1.165, 1.54) is 6.20 Å². The van der Waals surface area contributed by atoms with Crippen molar-refractivity contribution in [3.8, 4) is 0 Å². The molecule has 1 heterocycles. The quantitative estimate of drug-likeness (QED) is 0.465. The van der Waals surface area contributed by atoms with Crippen molar-refractivity contribution in [2.75, 3.05) is 0 Å². The van der Waals surface area contributed by atoms with Crippen LogP contribution in [0.5, 0.6) is 0 Å². The predicted octanol–water partition coefficient (Wildman–Crippen LogP) is -1.54. The lowest BCUT2D eigenvalue weighted by atomic mass is 10.2. The summed E-state index contributed by atoms with van der Waals surface area (Å²) >= 11 is 0. The maximum absolute atomic E-state index is 10.6. The van der Waals surface area contributed by atoms with Gasteiger partial charge in [-0.2, -0.15) is 0 Å². The summed E-state index contributed by atoms with van der Waals surface area (Å²) in [7, 11) is 0. The number of imidazole rings is 1. The van der Waals surface area contributed by atoms with Crippen molar-refractivity contribution in [3.05, 3.63) is 17.7 Å². The van der Waals surface area contributed by atoms with Gasteiger partial charge in [-0.1, -0.05) is 0 Å². The molecule has 0 fully saturated rings. The smallest absolute Gasteiger partial charge is 0.320 e. The number of carbonyl (C=O) groups excluding carboxylic acids is 1. The third-order valence-corrected chi connectivity index (χ3v) is 1.62. The van der Waals surface area contributed by atoms with Crippen molar-refractivity contribution in [1.82, 2.24) is 9.97 Å². The van der Waals surface area contributed by atoms with Crippen LogP contribution in [0.15, 0.2) is 6.20 Å². The first kappa shape index (κ1) is 10.2. The van der Waals surface area contributed by atoms with Gasteiger partial charge in [0, 0.05) is 18.3 Å². The zero-order valence-electron chi connectivity index (χ0n) is 7.23. The van der Waals surface area contributed by atoms with Gasteiger partial charge >= 0.3 is 5.97 Å². The fourth-order valence-electron chi connectivity index (χ4n) is 0.912. The number of aliphatic carboxylic acids is 1. The number of rotatable bonds is 4. The average Bonchev–Trinajstić information content (AvgIpc) is 2.52. The Hall–Kier alpha value is -1.89. The van der Waals surface area contributed by atoms with Crippen molar-refractivity contribution >= 4 is 11.9 Å². The van der Waals surface area contributed by atoms with Crippen LogP contribution < -0.4 is 11.5 Å². The highest BCUT2D eigenvalue weighted by molar-refractivity contribution is 5.88. The molecule has 0 aliphatic heterocycles. The van der Waals surface area contributed by atoms with Crippen LogP contribution >= 0.6 is 0 Å². The second kappa shape index (κ2) is 3.88. The van der Waals surface area contributed by atoms with Gasteiger partial charge in [0.25, 0.3) is 5.91 Å². The van der Waals surface area contributed by atoms with Gasteiger partial charge in [-0.15, -0.1) is 0 Å². The lowest BCUT2D eigenvalue weighted by Crippen LogP contribution is -2.32. The van der Waals surface area contributed by atoms with E-state index in [0.717, 1.165) is 0 Å². The molecule has 1 aromatic rings. The number of carboxylic acids is 1. The van der Waals surface area contributed by atoms with Crippen molar-refractivity contribution in [2.45, 2.75) is 12.5 Å². The molecule has 7 heteroatoms. The fraction of sp³-hybridized carbons (Fsp3) is 0.286. The van der Waals surface area contributed by atoms with Gasteiger partial charge in [0.1, 0.15) is 6.04 Å². The van der Waals surface area contributed by atoms with E-state index in [1.54, 1.807) is 0 Å². The number of carboxylic acid groups (broad SMARTS) is 1. The number of carbonyl (C=O) groups is 2. The minimum atomic E-state index is -1.11. The Morgan fingerprint density at radius 2 is 2.29 bits per heavy atom. The molecule has 0 aliphatic carbocycles. The lowest BCUT2D eigenvalue weighted by Gasteiger charge is -2.02. The highest BCUT2D eigenvalue weighted by Gasteiger charge is 2.14. The zero-order chi connectivity index (χ0) is 10.7. The summed E-state index contributed by atoms with van der Waals surface area (Å²) in [4.78, 5) is 27.2. The first-order valence-corrected chi connectivity index (χ1v) is 3.82. The maximum Gasteiger partial charge on any atom is 0.320 e. The monoisotopic (exact) mass is 198 g/mol. The SMILES string of the molecule is NC(=O)c1ncc(C[C@H](N)C(=O)O)[nH]1. The number of nitrogens with one attached hydrogen (secondary N) is 1. The van der Waals surface area contributed by atoms with E-state index in [0.29, 0.717) is 5.69 Å². The molecule has 0 saturated carbocycles. The molecule has 1 rings (SSSR count). The molecule has 6 N–H and O–H groups in total. The highest BCUT2D eigenvalue weighted by atomic mass is 16.4. The Morgan fingerprint density at radius 3 is 2.71 bits per heavy atom. The molecular weight excluding hydrogens is 188 g/mol. The number of aromatic amines is 1. The van der Waals surface area contributed by atoms with Crippen molar-refractivity contribution < 1.29 is 14.7 Å². The summed E-state index contributed by atoms with van der Waals surface area (Å²) in [6.45, 7) is 0. The summed E-state index contributed by atoms with van der Waals surface area (Å²) < 4.78 is 0. The van der Waals surface area contributed by atoms with E-state index in [9.17, 15) is 9.59 Å². The Balaban J connectivity index is 2.69. The third kappa shape index (κ3) is 2.30. The largest absolute Gasteiger partial charge is 0.480 e. The van der Waals surface area contributed by atoms with E-state index in [4.69, 9.17) is 16.6 Å². The van der Waals surface area contributed by atoms with Crippen molar-refractivity contribution in [1.29, 1.82) is 0 Å². The number of aromatic nitrogens is 2. The summed E-state index contributed by atoms with van der Waals surface area (Å²) in [5, 5.41) is 8.51. The second-order valence-electron chi connectivity index (χ2n) is 2.77. The summed E-state index contributed by atoms with van der Waals surface area (Å²) in [5.41, 5.74) is 10.7. The molecule has 0 unspecified atom stereocenters. The van der Waals surface area contributed by atoms with Crippen LogP contribution in [0, 0.1) is 0 Å². The molecule has 0 aliphatic rings. The zero-order valence-corrected chi connectivity index (χ0v) is 7.23. The Bertz CT molecular complexity index is 360. The van der Waals surface area contributed by atoms with Crippen molar-refractivity contribution in [3.63, 3.8) is 0 Å². The van der Waals surface area contributed by atoms with E-state index < -0.39 is 17.9 Å². The Morgan fingerprint density at radius 1 is 1.64 bits per heavy atom. The topological polar surface area (TPSA) is 135 Å². The predicted molar refractivity (Wildman–Crippen MR) is 46.4 cm³/mol. The highest BCUT2D eigenvalue weighted by Crippen LogP contribution is 1.99. The second-order valence-corrected chi connectivity index (χ2v) is 2.77. The van der Waals surface area contributed by atoms with Crippen molar-refractivity contribution in [2.24, 2.45) is 11.5 Å². The van der Waals surface area contributed by atoms with Gasteiger partial charge < -0.3 is 21.6 Å². The maximum atomic E-state index is 10.6. The number of primary amides is 1. The molecule has 7 nitrogen and oxygen atoms in total. The molecule has 0 saturated heterocycles. The number of nitrogens with two attached hydrogens (primary N) is 2. The lowest BCUT2D eigenvalue weighted by molar-refractivity contribution is -0.138. The summed E-state index contributed by atoms with van der Waals surface area (Å²) in [6.07, 6.45) is 1.42. The van der Waals surface area contributed by atoms with Crippen LogP contribution in [0.25, 0.3) is 0 Å². The Kier molecular flexibility index (Phi) is 2.82. The molecule has 0 spiro atoms. The van der Waals surface area contributed by atoms with Gasteiger partial charge in [0.15, 0.2) is 5.82 Å². The van der Waals surface area contributed by atoms with Crippen LogP contribution in [0.2, 0.25) is 0 Å². The average molecular weight is 198 g/mol. The number of H-pyrrole nitrogens is 1. The minimum Gasteiger partial charge on any atom is -0.480 e. The molecule has 0 aromatic carbocycles. The number of amides is 1.